The summed E-state index contributed by atoms with van der Waals surface area (Å²) in [6, 6.07) is 4.96. The fourth-order valence-electron chi connectivity index (χ4n) is 5.87. The first-order valence-corrected chi connectivity index (χ1v) is 12.8. The molecule has 0 unspecified atom stereocenters. The summed E-state index contributed by atoms with van der Waals surface area (Å²) < 4.78 is 147. The Morgan fingerprint density at radius 2 is 0.951 bits per heavy atom. The van der Waals surface area contributed by atoms with Crippen LogP contribution >= 0.6 is 0 Å². The first kappa shape index (κ1) is 12.0. The first-order chi connectivity index (χ1) is 27.0. The van der Waals surface area contributed by atoms with Crippen LogP contribution in [0.5, 0.6) is 0 Å². The minimum absolute atomic E-state index is 0.0218. The zero-order chi connectivity index (χ0) is 40.8. The number of fused-ring (bicyclic) bond motifs is 8. The van der Waals surface area contributed by atoms with Crippen molar-refractivity contribution >= 4 is 65.0 Å². The molecule has 0 aliphatic carbocycles. The summed E-state index contributed by atoms with van der Waals surface area (Å²) in [6.07, 6.45) is 0. The number of hydrogen-bond acceptors (Lipinski definition) is 1. The van der Waals surface area contributed by atoms with Gasteiger partial charge in [-0.1, -0.05) is 127 Å². The lowest BCUT2D eigenvalue weighted by Crippen LogP contribution is -1.92. The highest BCUT2D eigenvalue weighted by Gasteiger charge is 2.21. The van der Waals surface area contributed by atoms with E-state index in [1.807, 2.05) is 0 Å². The Hall–Kier alpha value is -5.40. The number of benzene rings is 8. The van der Waals surface area contributed by atoms with Crippen LogP contribution in [0.2, 0.25) is 0 Å². The molecule has 41 heavy (non-hydrogen) atoms. The van der Waals surface area contributed by atoms with Gasteiger partial charge in [0.25, 0.3) is 0 Å². The Morgan fingerprint density at radius 3 is 1.66 bits per heavy atom. The van der Waals surface area contributed by atoms with Crippen LogP contribution in [0.15, 0.2) is 150 Å². The minimum Gasteiger partial charge on any atom is -0.456 e. The Kier molecular flexibility index (Phi) is 2.50. The van der Waals surface area contributed by atoms with Gasteiger partial charge in [-0.25, -0.2) is 0 Å². The van der Waals surface area contributed by atoms with E-state index in [1.54, 1.807) is 48.5 Å². The smallest absolute Gasteiger partial charge is 0.136 e. The third kappa shape index (κ3) is 3.18. The molecule has 190 valence electrons. The molecule has 9 rings (SSSR count). The highest BCUT2D eigenvalue weighted by atomic mass is 16.3. The maximum Gasteiger partial charge on any atom is 0.136 e. The van der Waals surface area contributed by atoms with Crippen LogP contribution in [-0.4, -0.2) is 0 Å². The largest absolute Gasteiger partial charge is 0.456 e. The van der Waals surface area contributed by atoms with Crippen LogP contribution in [0, 0.1) is 0 Å². The number of para-hydroxylation sites is 1. The molecule has 0 aliphatic rings. The molecule has 0 aliphatic heterocycles. The van der Waals surface area contributed by atoms with Gasteiger partial charge in [-0.2, -0.15) is 0 Å². The molecule has 0 bridgehead atoms. The monoisotopic (exact) mass is 536 g/mol. The summed E-state index contributed by atoms with van der Waals surface area (Å²) in [5.74, 6) is 0. The summed E-state index contributed by atoms with van der Waals surface area (Å²) in [5, 5.41) is 0.716. The number of hydrogen-bond donors (Lipinski definition) is 0. The maximum atomic E-state index is 9.71. The summed E-state index contributed by atoms with van der Waals surface area (Å²) in [4.78, 5) is 0. The molecular weight excluding hydrogens is 496 g/mol. The van der Waals surface area contributed by atoms with Gasteiger partial charge in [-0.15, -0.1) is 0 Å². The molecule has 0 N–H and O–H groups in total. The molecule has 1 heteroatoms. The summed E-state index contributed by atoms with van der Waals surface area (Å²) in [5.41, 5.74) is 0.147. The summed E-state index contributed by atoms with van der Waals surface area (Å²) in [6.45, 7) is 0. The summed E-state index contributed by atoms with van der Waals surface area (Å²) >= 11 is 0. The molecule has 0 atom stereocenters. The van der Waals surface area contributed by atoms with Crippen molar-refractivity contribution in [3.8, 4) is 22.3 Å². The molecule has 0 saturated heterocycles. The van der Waals surface area contributed by atoms with Gasteiger partial charge in [-0.05, 0) is 83.5 Å². The van der Waals surface area contributed by atoms with Crippen LogP contribution < -0.4 is 0 Å². The predicted octanol–water partition coefficient (Wildman–Crippen LogP) is 11.5. The Bertz CT molecular complexity index is 3310. The topological polar surface area (TPSA) is 13.1 Å². The zero-order valence-electron chi connectivity index (χ0n) is 37.0. The van der Waals surface area contributed by atoms with Crippen molar-refractivity contribution in [2.24, 2.45) is 0 Å². The average Bonchev–Trinajstić information content (AvgIpc) is 3.61. The van der Waals surface area contributed by atoms with Crippen molar-refractivity contribution < 1.29 is 26.3 Å². The van der Waals surface area contributed by atoms with Crippen molar-refractivity contribution in [1.82, 2.24) is 0 Å². The van der Waals surface area contributed by atoms with E-state index in [9.17, 15) is 4.11 Å². The van der Waals surface area contributed by atoms with Gasteiger partial charge in [0.2, 0.25) is 0 Å². The Morgan fingerprint density at radius 1 is 0.415 bits per heavy atom. The Labute approximate surface area is 259 Å². The molecule has 9 aromatic rings. The van der Waals surface area contributed by atoms with E-state index in [0.717, 1.165) is 0 Å². The second-order valence-corrected chi connectivity index (χ2v) is 9.60. The quantitative estimate of drug-likeness (QED) is 0.158. The molecule has 0 amide bonds. The number of furan rings is 1. The van der Waals surface area contributed by atoms with Gasteiger partial charge in [0.15, 0.2) is 0 Å². The van der Waals surface area contributed by atoms with E-state index >= 15 is 0 Å². The highest BCUT2D eigenvalue weighted by molar-refractivity contribution is 6.28. The van der Waals surface area contributed by atoms with Crippen LogP contribution in [0.4, 0.5) is 0 Å². The predicted molar refractivity (Wildman–Crippen MR) is 175 cm³/mol. The van der Waals surface area contributed by atoms with Gasteiger partial charge in [0.05, 0.1) is 21.9 Å². The zero-order valence-corrected chi connectivity index (χ0v) is 21.0. The van der Waals surface area contributed by atoms with Crippen LogP contribution in [0.1, 0.15) is 21.9 Å². The van der Waals surface area contributed by atoms with E-state index in [4.69, 9.17) is 22.2 Å². The van der Waals surface area contributed by atoms with Crippen molar-refractivity contribution in [2.45, 2.75) is 0 Å². The van der Waals surface area contributed by atoms with Crippen LogP contribution in [-0.2, 0) is 0 Å². The molecule has 1 aromatic heterocycles. The lowest BCUT2D eigenvalue weighted by atomic mass is 9.83. The Balaban J connectivity index is 1.58. The van der Waals surface area contributed by atoms with E-state index in [-0.39, 0.29) is 60.2 Å². The van der Waals surface area contributed by atoms with Gasteiger partial charge in [0, 0.05) is 10.8 Å². The third-order valence-electron chi connectivity index (χ3n) is 7.50. The highest BCUT2D eigenvalue weighted by Crippen LogP contribution is 2.48. The maximum absolute atomic E-state index is 9.71. The molecule has 0 spiro atoms. The lowest BCUT2D eigenvalue weighted by molar-refractivity contribution is 0.669. The van der Waals surface area contributed by atoms with Gasteiger partial charge in [-0.3, -0.25) is 0 Å². The normalized spacial score (nSPS) is 17.4. The third-order valence-corrected chi connectivity index (χ3v) is 7.50. The molecule has 0 radical (unpaired) electrons. The lowest BCUT2D eigenvalue weighted by Gasteiger charge is -2.20. The fraction of sp³-hybridized carbons (Fsp3) is 0. The van der Waals surface area contributed by atoms with Crippen LogP contribution in [0.3, 0.4) is 0 Å². The van der Waals surface area contributed by atoms with Crippen molar-refractivity contribution in [3.05, 3.63) is 145 Å². The van der Waals surface area contributed by atoms with Crippen molar-refractivity contribution in [2.75, 3.05) is 0 Å². The average molecular weight is 537 g/mol. The SMILES string of the molecule is [2H]c1c([2H])c([2H])c2c(oc3c([2H])c([2H])c([2H])c(-c4c5ccccc5c(-c5c([2H])c6c([2H])c([2H])c([2H])c([2H])c6c6c([2H])c([2H])c([2H])c([2H])c56)c5ccccc45)c32)c1[2H]. The molecular formula is C40H24O. The molecule has 1 heterocycles. The van der Waals surface area contributed by atoms with Crippen molar-refractivity contribution in [3.63, 3.8) is 0 Å². The first-order valence-electron chi connectivity index (χ1n) is 20.8. The molecule has 1 nitrogen and oxygen atoms in total. The van der Waals surface area contributed by atoms with Gasteiger partial charge in [0.1, 0.15) is 11.2 Å². The molecule has 0 saturated carbocycles. The fourth-order valence-corrected chi connectivity index (χ4v) is 5.87. The van der Waals surface area contributed by atoms with E-state index < -0.39 is 96.7 Å². The van der Waals surface area contributed by atoms with Gasteiger partial charge >= 0.3 is 0 Å². The van der Waals surface area contributed by atoms with E-state index in [2.05, 4.69) is 0 Å². The second-order valence-electron chi connectivity index (χ2n) is 9.60. The van der Waals surface area contributed by atoms with E-state index in [0.29, 0.717) is 27.1 Å². The minimum atomic E-state index is -0.629. The second kappa shape index (κ2) is 8.55. The molecule has 0 fully saturated rings. The van der Waals surface area contributed by atoms with Crippen molar-refractivity contribution in [1.29, 1.82) is 0 Å². The molecule has 8 aromatic carbocycles. The van der Waals surface area contributed by atoms with Gasteiger partial charge < -0.3 is 4.42 Å². The van der Waals surface area contributed by atoms with E-state index in [1.165, 1.54) is 0 Å². The summed E-state index contributed by atoms with van der Waals surface area (Å²) in [7, 11) is 0. The standard InChI is InChI=1S/C40H24O/c1-2-13-26-25(12-1)24-35(28-15-4-3-14-27(26)28)39-31-18-7-5-16-29(31)38(30-17-6-8-19-32(30)39)34-21-11-23-37-40(34)33-20-9-10-22-36(33)41-37/h1-24H/i1D,2D,3D,4D,9D,10D,11D,12D,13D,14D,15D,20D,21D,22D,23D,24D. The van der Waals surface area contributed by atoms with Crippen LogP contribution in [0.25, 0.3) is 87.3 Å². The number of rotatable bonds is 2.